The van der Waals surface area contributed by atoms with Gasteiger partial charge in [0.15, 0.2) is 0 Å². The normalized spacial score (nSPS) is 10.2. The zero-order chi connectivity index (χ0) is 13.7. The van der Waals surface area contributed by atoms with Gasteiger partial charge in [0.2, 0.25) is 0 Å². The van der Waals surface area contributed by atoms with Crippen LogP contribution in [0.2, 0.25) is 0 Å². The topological polar surface area (TPSA) is 35.8 Å². The maximum Gasteiger partial charge on any atom is 0.127 e. The van der Waals surface area contributed by atoms with Gasteiger partial charge in [0.05, 0.1) is 11.6 Å². The van der Waals surface area contributed by atoms with Gasteiger partial charge in [0.25, 0.3) is 0 Å². The fourth-order valence-electron chi connectivity index (χ4n) is 1.77. The van der Waals surface area contributed by atoms with E-state index in [0.717, 1.165) is 10.0 Å². The first kappa shape index (κ1) is 13.7. The summed E-state index contributed by atoms with van der Waals surface area (Å²) >= 11 is 3.32. The van der Waals surface area contributed by atoms with Crippen molar-refractivity contribution in [3.63, 3.8) is 0 Å². The van der Waals surface area contributed by atoms with Crippen LogP contribution in [0.3, 0.4) is 0 Å². The van der Waals surface area contributed by atoms with Gasteiger partial charge in [-0.2, -0.15) is 5.26 Å². The number of benzene rings is 2. The molecule has 0 aliphatic heterocycles. The number of nitrogens with one attached hydrogen (secondary N) is 1. The van der Waals surface area contributed by atoms with Crippen LogP contribution in [0.1, 0.15) is 16.7 Å². The highest BCUT2D eigenvalue weighted by atomic mass is 79.9. The Hall–Kier alpha value is -1.70. The van der Waals surface area contributed by atoms with Gasteiger partial charge in [-0.05, 0) is 35.9 Å². The SMILES string of the molecule is N#Cc1cccc(CNCc2cc(Br)ccc2F)c1. The van der Waals surface area contributed by atoms with Gasteiger partial charge in [-0.15, -0.1) is 0 Å². The van der Waals surface area contributed by atoms with Gasteiger partial charge >= 0.3 is 0 Å². The average Bonchev–Trinajstić information content (AvgIpc) is 2.43. The average molecular weight is 319 g/mol. The van der Waals surface area contributed by atoms with E-state index in [-0.39, 0.29) is 5.82 Å². The molecule has 0 fully saturated rings. The summed E-state index contributed by atoms with van der Waals surface area (Å²) < 4.78 is 14.4. The molecule has 0 heterocycles. The van der Waals surface area contributed by atoms with Crippen LogP contribution in [0.4, 0.5) is 4.39 Å². The molecule has 2 nitrogen and oxygen atoms in total. The Kier molecular flexibility index (Phi) is 4.67. The summed E-state index contributed by atoms with van der Waals surface area (Å²) in [7, 11) is 0. The Morgan fingerprint density at radius 1 is 1.16 bits per heavy atom. The number of halogens is 2. The molecule has 0 aliphatic carbocycles. The summed E-state index contributed by atoms with van der Waals surface area (Å²) in [6.45, 7) is 1.05. The van der Waals surface area contributed by atoms with E-state index >= 15 is 0 Å². The molecule has 0 aliphatic rings. The smallest absolute Gasteiger partial charge is 0.127 e. The molecule has 4 heteroatoms. The van der Waals surface area contributed by atoms with Gasteiger partial charge in [0.1, 0.15) is 5.82 Å². The van der Waals surface area contributed by atoms with E-state index in [2.05, 4.69) is 27.3 Å². The molecule has 2 aromatic carbocycles. The van der Waals surface area contributed by atoms with Crippen LogP contribution in [0.25, 0.3) is 0 Å². The van der Waals surface area contributed by atoms with Crippen LogP contribution in [0, 0.1) is 17.1 Å². The maximum atomic E-state index is 13.5. The van der Waals surface area contributed by atoms with Crippen molar-refractivity contribution in [2.75, 3.05) is 0 Å². The van der Waals surface area contributed by atoms with Crippen LogP contribution in [0.15, 0.2) is 46.9 Å². The number of nitriles is 1. The largest absolute Gasteiger partial charge is 0.309 e. The lowest BCUT2D eigenvalue weighted by molar-refractivity contribution is 0.587. The third kappa shape index (κ3) is 3.88. The monoisotopic (exact) mass is 318 g/mol. The molecule has 0 atom stereocenters. The molecule has 0 spiro atoms. The van der Waals surface area contributed by atoms with Gasteiger partial charge < -0.3 is 5.32 Å². The lowest BCUT2D eigenvalue weighted by atomic mass is 10.1. The van der Waals surface area contributed by atoms with Crippen molar-refractivity contribution in [1.82, 2.24) is 5.32 Å². The fourth-order valence-corrected chi connectivity index (χ4v) is 2.18. The minimum Gasteiger partial charge on any atom is -0.309 e. The molecule has 0 amide bonds. The Morgan fingerprint density at radius 3 is 2.79 bits per heavy atom. The molecular formula is C15H12BrFN2. The number of nitrogens with zero attached hydrogens (tertiary/aromatic N) is 1. The molecule has 2 rings (SSSR count). The minimum atomic E-state index is -0.221. The van der Waals surface area contributed by atoms with Gasteiger partial charge in [0, 0.05) is 23.1 Å². The Balaban J connectivity index is 1.96. The number of hydrogen-bond donors (Lipinski definition) is 1. The second-order valence-corrected chi connectivity index (χ2v) is 5.07. The summed E-state index contributed by atoms with van der Waals surface area (Å²) in [5, 5.41) is 12.0. The zero-order valence-electron chi connectivity index (χ0n) is 10.2. The molecule has 0 saturated carbocycles. The van der Waals surface area contributed by atoms with Crippen LogP contribution < -0.4 is 5.32 Å². The second kappa shape index (κ2) is 6.46. The first-order valence-corrected chi connectivity index (χ1v) is 6.62. The lowest BCUT2D eigenvalue weighted by Crippen LogP contribution is -2.13. The molecule has 0 radical (unpaired) electrons. The van der Waals surface area contributed by atoms with Crippen molar-refractivity contribution in [2.45, 2.75) is 13.1 Å². The predicted molar refractivity (Wildman–Crippen MR) is 75.8 cm³/mol. The highest BCUT2D eigenvalue weighted by Gasteiger charge is 2.02. The maximum absolute atomic E-state index is 13.5. The Bertz CT molecular complexity index is 620. The van der Waals surface area contributed by atoms with Gasteiger partial charge in [-0.25, -0.2) is 4.39 Å². The second-order valence-electron chi connectivity index (χ2n) is 4.15. The van der Waals surface area contributed by atoms with Crippen molar-refractivity contribution in [3.8, 4) is 6.07 Å². The predicted octanol–water partition coefficient (Wildman–Crippen LogP) is 3.75. The zero-order valence-corrected chi connectivity index (χ0v) is 11.7. The van der Waals surface area contributed by atoms with Crippen LogP contribution in [-0.4, -0.2) is 0 Å². The number of rotatable bonds is 4. The van der Waals surface area contributed by atoms with Crippen molar-refractivity contribution in [1.29, 1.82) is 5.26 Å². The molecule has 96 valence electrons. The molecule has 0 saturated heterocycles. The summed E-state index contributed by atoms with van der Waals surface area (Å²) in [5.74, 6) is -0.221. The molecule has 0 bridgehead atoms. The molecule has 0 aromatic heterocycles. The molecule has 19 heavy (non-hydrogen) atoms. The van der Waals surface area contributed by atoms with Crippen molar-refractivity contribution >= 4 is 15.9 Å². The summed E-state index contributed by atoms with van der Waals surface area (Å²) in [5.41, 5.74) is 2.26. The standard InChI is InChI=1S/C15H12BrFN2/c16-14-4-5-15(17)13(7-14)10-19-9-12-3-1-2-11(6-12)8-18/h1-7,19H,9-10H2. The minimum absolute atomic E-state index is 0.221. The van der Waals surface area contributed by atoms with E-state index in [4.69, 9.17) is 5.26 Å². The van der Waals surface area contributed by atoms with Gasteiger partial charge in [-0.3, -0.25) is 0 Å². The highest BCUT2D eigenvalue weighted by Crippen LogP contribution is 2.15. The third-order valence-corrected chi connectivity index (χ3v) is 3.20. The number of hydrogen-bond acceptors (Lipinski definition) is 2. The summed E-state index contributed by atoms with van der Waals surface area (Å²) in [4.78, 5) is 0. The lowest BCUT2D eigenvalue weighted by Gasteiger charge is -2.07. The van der Waals surface area contributed by atoms with Crippen LogP contribution >= 0.6 is 15.9 Å². The van der Waals surface area contributed by atoms with E-state index < -0.39 is 0 Å². The molecule has 2 aromatic rings. The van der Waals surface area contributed by atoms with Crippen molar-refractivity contribution in [3.05, 3.63) is 69.4 Å². The first-order valence-electron chi connectivity index (χ1n) is 5.83. The third-order valence-electron chi connectivity index (χ3n) is 2.71. The van der Waals surface area contributed by atoms with E-state index in [9.17, 15) is 4.39 Å². The van der Waals surface area contributed by atoms with Crippen molar-refractivity contribution in [2.24, 2.45) is 0 Å². The first-order chi connectivity index (χ1) is 9.19. The molecule has 1 N–H and O–H groups in total. The quantitative estimate of drug-likeness (QED) is 0.932. The Labute approximate surface area is 120 Å². The van der Waals surface area contributed by atoms with E-state index in [1.54, 1.807) is 18.2 Å². The van der Waals surface area contributed by atoms with Crippen molar-refractivity contribution < 1.29 is 4.39 Å². The fraction of sp³-hybridized carbons (Fsp3) is 0.133. The van der Waals surface area contributed by atoms with Crippen LogP contribution in [-0.2, 0) is 13.1 Å². The highest BCUT2D eigenvalue weighted by molar-refractivity contribution is 9.10. The van der Waals surface area contributed by atoms with E-state index in [1.165, 1.54) is 6.07 Å². The summed E-state index contributed by atoms with van der Waals surface area (Å²) in [6, 6.07) is 14.3. The Morgan fingerprint density at radius 2 is 2.00 bits per heavy atom. The van der Waals surface area contributed by atoms with Crippen LogP contribution in [0.5, 0.6) is 0 Å². The van der Waals surface area contributed by atoms with Gasteiger partial charge in [-0.1, -0.05) is 28.1 Å². The van der Waals surface area contributed by atoms with E-state index in [0.29, 0.717) is 24.2 Å². The molecular weight excluding hydrogens is 307 g/mol. The summed E-state index contributed by atoms with van der Waals surface area (Å²) in [6.07, 6.45) is 0. The molecule has 0 unspecified atom stereocenters. The van der Waals surface area contributed by atoms with E-state index in [1.807, 2.05) is 18.2 Å².